The number of nitrogens with zero attached hydrogens (tertiary/aromatic N) is 1. The first-order chi connectivity index (χ1) is 4.02. The molecule has 0 saturated carbocycles. The Hall–Kier alpha value is 0.860. The molecule has 0 rings (SSSR count). The van der Waals surface area contributed by atoms with Crippen LogP contribution in [0.15, 0.2) is 0 Å². The molecule has 9 heavy (non-hydrogen) atoms. The molecule has 0 fully saturated rings. The van der Waals surface area contributed by atoms with E-state index in [0.29, 0.717) is 13.1 Å². The molecule has 1 N–H and O–H groups in total. The van der Waals surface area contributed by atoms with Crippen LogP contribution >= 0.6 is 17.0 Å². The molecule has 0 amide bonds. The quantitative estimate of drug-likeness (QED) is 0.682. The first-order valence-corrected chi connectivity index (χ1v) is 6.41. The number of hydrogen-bond donors (Lipinski definition) is 1. The van der Waals surface area contributed by atoms with Crippen molar-refractivity contribution in [1.82, 2.24) is 4.67 Å². The van der Waals surface area contributed by atoms with Crippen molar-refractivity contribution < 1.29 is 4.89 Å². The lowest BCUT2D eigenvalue weighted by atomic mass is 10.7. The Labute approximate surface area is 65.7 Å². The van der Waals surface area contributed by atoms with Gasteiger partial charge in [0.05, 0.1) is 0 Å². The molecule has 2 nitrogen and oxygen atoms in total. The van der Waals surface area contributed by atoms with Gasteiger partial charge in [-0.3, -0.25) is 0 Å². The monoisotopic (exact) mass is 187 g/mol. The molecule has 0 radical (unpaired) electrons. The van der Waals surface area contributed by atoms with Gasteiger partial charge in [0.2, 0.25) is 5.77 Å². The fourth-order valence-electron chi connectivity index (χ4n) is 0.572. The Bertz CT molecular complexity index is 122. The molecule has 0 aliphatic rings. The summed E-state index contributed by atoms with van der Waals surface area (Å²) in [5, 5.41) is 0. The van der Waals surface area contributed by atoms with Gasteiger partial charge in [-0.2, -0.15) is 0 Å². The third-order valence-corrected chi connectivity index (χ3v) is 3.68. The van der Waals surface area contributed by atoms with Gasteiger partial charge in [-0.15, -0.1) is 0 Å². The number of rotatable bonds is 3. The van der Waals surface area contributed by atoms with Crippen molar-refractivity contribution in [2.75, 3.05) is 13.1 Å². The lowest BCUT2D eigenvalue weighted by Gasteiger charge is -2.21. The molecule has 0 spiro atoms. The molecule has 1 atom stereocenters. The maximum atomic E-state index is 9.09. The zero-order valence-corrected chi connectivity index (χ0v) is 8.01. The first-order valence-electron chi connectivity index (χ1n) is 2.80. The topological polar surface area (TPSA) is 23.5 Å². The van der Waals surface area contributed by atoms with Gasteiger partial charge in [-0.05, 0) is 23.0 Å². The van der Waals surface area contributed by atoms with Crippen LogP contribution in [0.2, 0.25) is 0 Å². The third-order valence-electron chi connectivity index (χ3n) is 1.08. The Kier molecular flexibility index (Phi) is 4.26. The maximum absolute atomic E-state index is 9.09. The molecule has 0 aliphatic carbocycles. The largest absolute Gasteiger partial charge is 0.343 e. The second kappa shape index (κ2) is 3.89. The molecule has 0 aromatic rings. The Balaban J connectivity index is 3.96. The summed E-state index contributed by atoms with van der Waals surface area (Å²) in [4.78, 5) is 9.09. The van der Waals surface area contributed by atoms with Crippen molar-refractivity contribution in [1.29, 1.82) is 0 Å². The van der Waals surface area contributed by atoms with Gasteiger partial charge >= 0.3 is 0 Å². The summed E-state index contributed by atoms with van der Waals surface area (Å²) in [6, 6.07) is 0. The molecule has 0 bridgehead atoms. The van der Waals surface area contributed by atoms with Crippen molar-refractivity contribution in [2.45, 2.75) is 13.8 Å². The second-order valence-electron chi connectivity index (χ2n) is 1.61. The Morgan fingerprint density at radius 3 is 1.89 bits per heavy atom. The minimum Gasteiger partial charge on any atom is -0.343 e. The van der Waals surface area contributed by atoms with Crippen LogP contribution in [0, 0.1) is 0 Å². The van der Waals surface area contributed by atoms with Gasteiger partial charge in [0.25, 0.3) is 0 Å². The van der Waals surface area contributed by atoms with Gasteiger partial charge in [-0.1, -0.05) is 13.8 Å². The lowest BCUT2D eigenvalue weighted by molar-refractivity contribution is 0.453. The van der Waals surface area contributed by atoms with Crippen LogP contribution in [0.1, 0.15) is 13.8 Å². The lowest BCUT2D eigenvalue weighted by Crippen LogP contribution is -2.16. The van der Waals surface area contributed by atoms with E-state index >= 15 is 0 Å². The fourth-order valence-corrected chi connectivity index (χ4v) is 2.60. The second-order valence-corrected chi connectivity index (χ2v) is 6.67. The summed E-state index contributed by atoms with van der Waals surface area (Å²) in [7, 11) is 0. The van der Waals surface area contributed by atoms with Crippen LogP contribution in [0.3, 0.4) is 0 Å². The van der Waals surface area contributed by atoms with E-state index in [0.717, 1.165) is 0 Å². The van der Waals surface area contributed by atoms with E-state index in [1.807, 2.05) is 13.8 Å². The van der Waals surface area contributed by atoms with Gasteiger partial charge in [0, 0.05) is 13.1 Å². The maximum Gasteiger partial charge on any atom is 0.219 e. The first kappa shape index (κ1) is 9.86. The van der Waals surface area contributed by atoms with Gasteiger partial charge < -0.3 is 4.89 Å². The van der Waals surface area contributed by atoms with E-state index in [9.17, 15) is 0 Å². The summed E-state index contributed by atoms with van der Waals surface area (Å²) in [6.45, 7) is 5.27. The predicted octanol–water partition coefficient (Wildman–Crippen LogP) is 1.78. The van der Waals surface area contributed by atoms with Crippen LogP contribution in [-0.4, -0.2) is 22.7 Å². The highest BCUT2D eigenvalue weighted by molar-refractivity contribution is 8.23. The highest BCUT2D eigenvalue weighted by Crippen LogP contribution is 2.50. The molecule has 56 valence electrons. The van der Waals surface area contributed by atoms with E-state index in [-0.39, 0.29) is 0 Å². The van der Waals surface area contributed by atoms with E-state index in [4.69, 9.17) is 16.1 Å². The minimum absolute atomic E-state index is 0.716. The average molecular weight is 188 g/mol. The third kappa shape index (κ3) is 3.54. The molecule has 0 saturated heterocycles. The fraction of sp³-hybridized carbons (Fsp3) is 1.00. The predicted molar refractivity (Wildman–Crippen MR) is 45.3 cm³/mol. The molecule has 1 unspecified atom stereocenters. The minimum atomic E-state index is -2.64. The van der Waals surface area contributed by atoms with Crippen molar-refractivity contribution >= 4 is 28.8 Å². The highest BCUT2D eigenvalue weighted by Gasteiger charge is 2.15. The molecule has 0 aliphatic heterocycles. The van der Waals surface area contributed by atoms with Crippen molar-refractivity contribution in [3.63, 3.8) is 0 Å². The molecule has 0 heterocycles. The smallest absolute Gasteiger partial charge is 0.219 e. The molecule has 5 heteroatoms. The molecular formula is C4H11ClNOPS. The zero-order valence-electron chi connectivity index (χ0n) is 5.54. The average Bonchev–Trinajstić information content (AvgIpc) is 1.65. The van der Waals surface area contributed by atoms with Crippen LogP contribution in [0.25, 0.3) is 0 Å². The van der Waals surface area contributed by atoms with Crippen molar-refractivity contribution in [3.05, 3.63) is 0 Å². The standard InChI is InChI=1S/C4H11ClNOPS/c1-3-6(4-2)8(5,7)9/h3-4H2,1-2H3,(H,7,9). The van der Waals surface area contributed by atoms with Crippen LogP contribution in [0.4, 0.5) is 0 Å². The normalized spacial score (nSPS) is 17.9. The molecule has 0 aromatic heterocycles. The van der Waals surface area contributed by atoms with Crippen molar-refractivity contribution in [2.24, 2.45) is 0 Å². The van der Waals surface area contributed by atoms with E-state index in [1.54, 1.807) is 4.67 Å². The number of hydrogen-bond acceptors (Lipinski definition) is 1. The molecule has 0 aromatic carbocycles. The van der Waals surface area contributed by atoms with Crippen LogP contribution in [0.5, 0.6) is 0 Å². The summed E-state index contributed by atoms with van der Waals surface area (Å²) < 4.78 is 1.68. The van der Waals surface area contributed by atoms with E-state index < -0.39 is 5.77 Å². The zero-order chi connectivity index (χ0) is 7.49. The van der Waals surface area contributed by atoms with Crippen LogP contribution < -0.4 is 0 Å². The Morgan fingerprint density at radius 1 is 1.56 bits per heavy atom. The van der Waals surface area contributed by atoms with Crippen LogP contribution in [-0.2, 0) is 11.8 Å². The van der Waals surface area contributed by atoms with Gasteiger partial charge in [0.15, 0.2) is 0 Å². The summed E-state index contributed by atoms with van der Waals surface area (Å²) in [5.41, 5.74) is 0. The van der Waals surface area contributed by atoms with Crippen molar-refractivity contribution in [3.8, 4) is 0 Å². The summed E-state index contributed by atoms with van der Waals surface area (Å²) in [6.07, 6.45) is 0. The highest BCUT2D eigenvalue weighted by atomic mass is 35.7. The van der Waals surface area contributed by atoms with E-state index in [2.05, 4.69) is 11.8 Å². The SMILES string of the molecule is CCN(CC)P(O)(=S)Cl. The summed E-state index contributed by atoms with van der Waals surface area (Å²) in [5.74, 6) is -2.64. The summed E-state index contributed by atoms with van der Waals surface area (Å²) >= 11 is 10.2. The van der Waals surface area contributed by atoms with E-state index in [1.165, 1.54) is 0 Å². The Morgan fingerprint density at radius 2 is 1.89 bits per heavy atom. The van der Waals surface area contributed by atoms with Gasteiger partial charge in [-0.25, -0.2) is 4.67 Å². The molecular weight excluding hydrogens is 177 g/mol. The number of halogens is 1. The van der Waals surface area contributed by atoms with Gasteiger partial charge in [0.1, 0.15) is 0 Å².